The summed E-state index contributed by atoms with van der Waals surface area (Å²) < 4.78 is 148. The van der Waals surface area contributed by atoms with E-state index in [1.165, 1.54) is 0 Å². The second-order valence-electron chi connectivity index (χ2n) is 4.29. The summed E-state index contributed by atoms with van der Waals surface area (Å²) in [5.74, 6) is -12.6. The Labute approximate surface area is 120 Å². The zero-order valence-electron chi connectivity index (χ0n) is 10.6. The summed E-state index contributed by atoms with van der Waals surface area (Å²) >= 11 is 0. The number of halogens is 11. The molecule has 1 saturated heterocycles. The predicted molar refractivity (Wildman–Crippen MR) is 47.2 cm³/mol. The summed E-state index contributed by atoms with van der Waals surface area (Å²) in [6, 6.07) is 0. The van der Waals surface area contributed by atoms with Crippen molar-refractivity contribution in [3.05, 3.63) is 0 Å². The van der Waals surface area contributed by atoms with Gasteiger partial charge in [0.1, 0.15) is 0 Å². The predicted octanol–water partition coefficient (Wildman–Crippen LogP) is 3.78. The van der Waals surface area contributed by atoms with Gasteiger partial charge in [0.05, 0.1) is 19.6 Å². The Hall–Kier alpha value is -0.890. The van der Waals surface area contributed by atoms with Crippen molar-refractivity contribution in [3.8, 4) is 0 Å². The third kappa shape index (κ3) is 3.96. The van der Waals surface area contributed by atoms with E-state index < -0.39 is 42.9 Å². The molecule has 1 rings (SSSR count). The van der Waals surface area contributed by atoms with Crippen LogP contribution in [0.15, 0.2) is 0 Å². The molecule has 14 heteroatoms. The van der Waals surface area contributed by atoms with Crippen LogP contribution in [0.1, 0.15) is 6.42 Å². The third-order valence-electron chi connectivity index (χ3n) is 2.55. The van der Waals surface area contributed by atoms with Crippen LogP contribution in [0, 0.1) is 0 Å². The maximum atomic E-state index is 13.7. The molecular formula is C9H7F11O3. The lowest BCUT2D eigenvalue weighted by Crippen LogP contribution is -2.59. The lowest BCUT2D eigenvalue weighted by Gasteiger charge is -2.35. The molecule has 0 aromatic carbocycles. The van der Waals surface area contributed by atoms with Gasteiger partial charge >= 0.3 is 30.2 Å². The SMILES string of the molecule is FC(F)(F)C(F)(CC1OCCO1)OC(F)(F)C(F)(F)C(F)(F)F. The molecule has 0 N–H and O–H groups in total. The molecule has 23 heavy (non-hydrogen) atoms. The molecule has 0 aromatic heterocycles. The number of hydrogen-bond donors (Lipinski definition) is 0. The van der Waals surface area contributed by atoms with E-state index in [1.807, 2.05) is 0 Å². The van der Waals surface area contributed by atoms with Gasteiger partial charge in [-0.3, -0.25) is 4.74 Å². The molecule has 1 atom stereocenters. The smallest absolute Gasteiger partial charge is 0.350 e. The van der Waals surface area contributed by atoms with E-state index in [1.54, 1.807) is 0 Å². The molecule has 0 aliphatic carbocycles. The van der Waals surface area contributed by atoms with Gasteiger partial charge in [0, 0.05) is 0 Å². The van der Waals surface area contributed by atoms with Gasteiger partial charge in [0.2, 0.25) is 0 Å². The first kappa shape index (κ1) is 20.2. The van der Waals surface area contributed by atoms with Crippen molar-refractivity contribution in [3.63, 3.8) is 0 Å². The van der Waals surface area contributed by atoms with E-state index in [-0.39, 0.29) is 13.2 Å². The van der Waals surface area contributed by atoms with Gasteiger partial charge in [-0.1, -0.05) is 0 Å². The van der Waals surface area contributed by atoms with Crippen LogP contribution in [0.3, 0.4) is 0 Å². The van der Waals surface area contributed by atoms with Crippen LogP contribution in [-0.4, -0.2) is 49.7 Å². The molecule has 0 spiro atoms. The number of rotatable bonds is 5. The van der Waals surface area contributed by atoms with E-state index in [9.17, 15) is 48.3 Å². The summed E-state index contributed by atoms with van der Waals surface area (Å²) in [6.45, 7) is -0.735. The molecule has 0 amide bonds. The number of alkyl halides is 11. The van der Waals surface area contributed by atoms with Crippen molar-refractivity contribution in [2.75, 3.05) is 13.2 Å². The Bertz CT molecular complexity index is 412. The fraction of sp³-hybridized carbons (Fsp3) is 1.00. The fourth-order valence-corrected chi connectivity index (χ4v) is 1.39. The highest BCUT2D eigenvalue weighted by Gasteiger charge is 2.78. The normalized spacial score (nSPS) is 21.5. The Kier molecular flexibility index (Phi) is 5.15. The summed E-state index contributed by atoms with van der Waals surface area (Å²) in [5, 5.41) is 0. The van der Waals surface area contributed by atoms with Crippen LogP contribution in [0.4, 0.5) is 48.3 Å². The molecular weight excluding hydrogens is 365 g/mol. The van der Waals surface area contributed by atoms with Crippen LogP contribution >= 0.6 is 0 Å². The number of ether oxygens (including phenoxy) is 3. The summed E-state index contributed by atoms with van der Waals surface area (Å²) in [5.41, 5.74) is 0. The molecule has 0 radical (unpaired) electrons. The minimum Gasteiger partial charge on any atom is -0.350 e. The highest BCUT2D eigenvalue weighted by molar-refractivity contribution is 4.89. The van der Waals surface area contributed by atoms with E-state index in [0.29, 0.717) is 0 Å². The van der Waals surface area contributed by atoms with Crippen LogP contribution in [0.2, 0.25) is 0 Å². The van der Waals surface area contributed by atoms with Gasteiger partial charge in [-0.2, -0.15) is 43.9 Å². The van der Waals surface area contributed by atoms with Crippen LogP contribution in [0.25, 0.3) is 0 Å². The van der Waals surface area contributed by atoms with Gasteiger partial charge in [-0.15, -0.1) is 0 Å². The molecule has 1 aliphatic rings. The molecule has 1 heterocycles. The van der Waals surface area contributed by atoms with Crippen LogP contribution < -0.4 is 0 Å². The minimum atomic E-state index is -7.07. The van der Waals surface area contributed by atoms with Gasteiger partial charge in [0.25, 0.3) is 0 Å². The molecule has 0 bridgehead atoms. The topological polar surface area (TPSA) is 27.7 Å². The summed E-state index contributed by atoms with van der Waals surface area (Å²) in [4.78, 5) is 0. The third-order valence-corrected chi connectivity index (χ3v) is 2.55. The van der Waals surface area contributed by atoms with Crippen LogP contribution in [-0.2, 0) is 14.2 Å². The van der Waals surface area contributed by atoms with E-state index in [2.05, 4.69) is 14.2 Å². The molecule has 0 saturated carbocycles. The van der Waals surface area contributed by atoms with Crippen molar-refractivity contribution >= 4 is 0 Å². The standard InChI is InChI=1S/C9H7F11O3/c10-5(7(13,14)15,3-4-21-1-2-22-4)23-9(19,20)6(11,12)8(16,17)18/h4H,1-3H2. The fourth-order valence-electron chi connectivity index (χ4n) is 1.39. The lowest BCUT2D eigenvalue weighted by atomic mass is 10.2. The summed E-state index contributed by atoms with van der Waals surface area (Å²) in [6.07, 6.45) is -24.5. The molecule has 0 aromatic rings. The Morgan fingerprint density at radius 1 is 0.739 bits per heavy atom. The van der Waals surface area contributed by atoms with Crippen LogP contribution in [0.5, 0.6) is 0 Å². The van der Waals surface area contributed by atoms with Gasteiger partial charge in [-0.05, 0) is 0 Å². The highest BCUT2D eigenvalue weighted by Crippen LogP contribution is 2.52. The molecule has 3 nitrogen and oxygen atoms in total. The zero-order chi connectivity index (χ0) is 18.3. The molecule has 1 unspecified atom stereocenters. The van der Waals surface area contributed by atoms with Crippen molar-refractivity contribution in [2.45, 2.75) is 42.9 Å². The monoisotopic (exact) mass is 372 g/mol. The van der Waals surface area contributed by atoms with Crippen molar-refractivity contribution in [2.24, 2.45) is 0 Å². The number of hydrogen-bond acceptors (Lipinski definition) is 3. The highest BCUT2D eigenvalue weighted by atomic mass is 19.4. The second-order valence-corrected chi connectivity index (χ2v) is 4.29. The quantitative estimate of drug-likeness (QED) is 0.688. The van der Waals surface area contributed by atoms with E-state index in [4.69, 9.17) is 0 Å². The van der Waals surface area contributed by atoms with Gasteiger partial charge in [0.15, 0.2) is 6.29 Å². The average molecular weight is 372 g/mol. The average Bonchev–Trinajstić information content (AvgIpc) is 2.77. The maximum Gasteiger partial charge on any atom is 0.462 e. The molecule has 1 aliphatic heterocycles. The zero-order valence-corrected chi connectivity index (χ0v) is 10.6. The van der Waals surface area contributed by atoms with E-state index in [0.717, 1.165) is 0 Å². The summed E-state index contributed by atoms with van der Waals surface area (Å²) in [7, 11) is 0. The van der Waals surface area contributed by atoms with Crippen molar-refractivity contribution in [1.29, 1.82) is 0 Å². The lowest BCUT2D eigenvalue weighted by molar-refractivity contribution is -0.486. The second kappa shape index (κ2) is 5.88. The Morgan fingerprint density at radius 3 is 1.52 bits per heavy atom. The minimum absolute atomic E-state index is 0.367. The van der Waals surface area contributed by atoms with Crippen molar-refractivity contribution < 1.29 is 62.5 Å². The Balaban J connectivity index is 3.09. The van der Waals surface area contributed by atoms with Gasteiger partial charge in [-0.25, -0.2) is 4.39 Å². The Morgan fingerprint density at radius 2 is 1.17 bits per heavy atom. The first-order chi connectivity index (χ1) is 10.0. The van der Waals surface area contributed by atoms with E-state index >= 15 is 0 Å². The maximum absolute atomic E-state index is 13.7. The molecule has 138 valence electrons. The molecule has 1 fully saturated rings. The van der Waals surface area contributed by atoms with Crippen molar-refractivity contribution in [1.82, 2.24) is 0 Å². The van der Waals surface area contributed by atoms with Gasteiger partial charge < -0.3 is 9.47 Å². The first-order valence-corrected chi connectivity index (χ1v) is 5.55. The first-order valence-electron chi connectivity index (χ1n) is 5.55. The largest absolute Gasteiger partial charge is 0.462 e.